The Morgan fingerprint density at radius 2 is 2.32 bits per heavy atom. The fraction of sp³-hybridized carbons (Fsp3) is 0.385. The lowest BCUT2D eigenvalue weighted by Crippen LogP contribution is -2.35. The van der Waals surface area contributed by atoms with Crippen LogP contribution in [-0.2, 0) is 4.79 Å². The molecule has 1 unspecified atom stereocenters. The highest BCUT2D eigenvalue weighted by atomic mass is 79.9. The van der Waals surface area contributed by atoms with Crippen LogP contribution in [0, 0.1) is 11.3 Å². The maximum absolute atomic E-state index is 11.7. The summed E-state index contributed by atoms with van der Waals surface area (Å²) in [6, 6.07) is 7.38. The number of nitriles is 1. The van der Waals surface area contributed by atoms with Gasteiger partial charge in [-0.1, -0.05) is 34.5 Å². The minimum atomic E-state index is -0.180. The molecule has 4 nitrogen and oxygen atoms in total. The average molecular weight is 345 g/mol. The standard InChI is InChI=1S/C13H15BrClN3O/c1-2-10(5-6-16)17-8-13(19)18-12-4-3-9(14)7-11(12)15/h3-4,7,10,17H,2,5,8H2,1H3,(H,18,19). The fourth-order valence-corrected chi connectivity index (χ4v) is 2.21. The number of nitrogens with one attached hydrogen (secondary N) is 2. The van der Waals surface area contributed by atoms with E-state index in [0.29, 0.717) is 17.1 Å². The summed E-state index contributed by atoms with van der Waals surface area (Å²) >= 11 is 9.30. The molecule has 0 spiro atoms. The highest BCUT2D eigenvalue weighted by Crippen LogP contribution is 2.25. The van der Waals surface area contributed by atoms with Crippen LogP contribution in [0.25, 0.3) is 0 Å². The number of anilines is 1. The summed E-state index contributed by atoms with van der Waals surface area (Å²) in [6.07, 6.45) is 1.20. The van der Waals surface area contributed by atoms with Gasteiger partial charge in [0.05, 0.1) is 29.7 Å². The molecule has 1 aromatic rings. The topological polar surface area (TPSA) is 64.9 Å². The van der Waals surface area contributed by atoms with E-state index in [9.17, 15) is 4.79 Å². The van der Waals surface area contributed by atoms with Gasteiger partial charge in [0.15, 0.2) is 0 Å². The first-order valence-corrected chi connectivity index (χ1v) is 7.09. The molecule has 6 heteroatoms. The third-order valence-electron chi connectivity index (χ3n) is 2.59. The smallest absolute Gasteiger partial charge is 0.238 e. The van der Waals surface area contributed by atoms with Gasteiger partial charge in [-0.3, -0.25) is 4.79 Å². The van der Waals surface area contributed by atoms with Gasteiger partial charge in [0.2, 0.25) is 5.91 Å². The van der Waals surface area contributed by atoms with Gasteiger partial charge >= 0.3 is 0 Å². The lowest BCUT2D eigenvalue weighted by atomic mass is 10.2. The Kier molecular flexibility index (Phi) is 6.85. The van der Waals surface area contributed by atoms with Crippen molar-refractivity contribution in [2.75, 3.05) is 11.9 Å². The van der Waals surface area contributed by atoms with Crippen molar-refractivity contribution in [1.82, 2.24) is 5.32 Å². The van der Waals surface area contributed by atoms with Gasteiger partial charge in [0, 0.05) is 10.5 Å². The van der Waals surface area contributed by atoms with E-state index in [1.54, 1.807) is 18.2 Å². The predicted octanol–water partition coefficient (Wildman–Crippen LogP) is 3.32. The lowest BCUT2D eigenvalue weighted by molar-refractivity contribution is -0.115. The zero-order valence-electron chi connectivity index (χ0n) is 10.5. The van der Waals surface area contributed by atoms with Crippen molar-refractivity contribution < 1.29 is 4.79 Å². The van der Waals surface area contributed by atoms with Crippen molar-refractivity contribution in [1.29, 1.82) is 5.26 Å². The maximum atomic E-state index is 11.7. The van der Waals surface area contributed by atoms with Crippen LogP contribution in [0.3, 0.4) is 0 Å². The summed E-state index contributed by atoms with van der Waals surface area (Å²) in [5.41, 5.74) is 0.574. The van der Waals surface area contributed by atoms with Gasteiger partial charge in [-0.2, -0.15) is 5.26 Å². The Balaban J connectivity index is 2.49. The molecule has 0 aliphatic heterocycles. The van der Waals surface area contributed by atoms with E-state index >= 15 is 0 Å². The van der Waals surface area contributed by atoms with Crippen molar-refractivity contribution in [3.63, 3.8) is 0 Å². The molecule has 1 aromatic carbocycles. The number of hydrogen-bond donors (Lipinski definition) is 2. The molecule has 0 aliphatic carbocycles. The first-order chi connectivity index (χ1) is 9.06. The molecule has 0 aromatic heterocycles. The molecular weight excluding hydrogens is 330 g/mol. The molecule has 0 bridgehead atoms. The fourth-order valence-electron chi connectivity index (χ4n) is 1.49. The largest absolute Gasteiger partial charge is 0.324 e. The molecule has 0 heterocycles. The Labute approximate surface area is 126 Å². The third kappa shape index (κ3) is 5.60. The molecule has 19 heavy (non-hydrogen) atoms. The van der Waals surface area contributed by atoms with E-state index in [-0.39, 0.29) is 18.5 Å². The van der Waals surface area contributed by atoms with E-state index < -0.39 is 0 Å². The molecule has 1 amide bonds. The molecule has 0 aliphatic rings. The number of benzene rings is 1. The molecule has 102 valence electrons. The van der Waals surface area contributed by atoms with Gasteiger partial charge in [-0.15, -0.1) is 0 Å². The first-order valence-electron chi connectivity index (χ1n) is 5.92. The predicted molar refractivity (Wildman–Crippen MR) is 80.1 cm³/mol. The van der Waals surface area contributed by atoms with E-state index in [0.717, 1.165) is 10.9 Å². The third-order valence-corrected chi connectivity index (χ3v) is 3.39. The summed E-state index contributed by atoms with van der Waals surface area (Å²) in [4.78, 5) is 11.7. The zero-order valence-corrected chi connectivity index (χ0v) is 12.9. The average Bonchev–Trinajstić information content (AvgIpc) is 2.38. The summed E-state index contributed by atoms with van der Waals surface area (Å²) in [6.45, 7) is 2.13. The molecule has 1 rings (SSSR count). The molecule has 2 N–H and O–H groups in total. The molecular formula is C13H15BrClN3O. The van der Waals surface area contributed by atoms with E-state index in [1.807, 2.05) is 6.92 Å². The van der Waals surface area contributed by atoms with Crippen LogP contribution in [0.2, 0.25) is 5.02 Å². The normalized spacial score (nSPS) is 11.7. The minimum Gasteiger partial charge on any atom is -0.324 e. The van der Waals surface area contributed by atoms with Crippen LogP contribution in [0.4, 0.5) is 5.69 Å². The number of carbonyl (C=O) groups is 1. The van der Waals surface area contributed by atoms with Crippen molar-refractivity contribution >= 4 is 39.1 Å². The molecule has 0 radical (unpaired) electrons. The van der Waals surface area contributed by atoms with Gasteiger partial charge < -0.3 is 10.6 Å². The van der Waals surface area contributed by atoms with E-state index in [2.05, 4.69) is 32.6 Å². The number of nitrogens with zero attached hydrogens (tertiary/aromatic N) is 1. The molecule has 0 fully saturated rings. The molecule has 1 atom stereocenters. The second-order valence-electron chi connectivity index (χ2n) is 4.02. The van der Waals surface area contributed by atoms with Gasteiger partial charge in [0.1, 0.15) is 0 Å². The SMILES string of the molecule is CCC(CC#N)NCC(=O)Nc1ccc(Br)cc1Cl. The van der Waals surface area contributed by atoms with Crippen molar-refractivity contribution in [3.8, 4) is 6.07 Å². The van der Waals surface area contributed by atoms with Crippen LogP contribution in [0.1, 0.15) is 19.8 Å². The Morgan fingerprint density at radius 1 is 1.58 bits per heavy atom. The summed E-state index contributed by atoms with van der Waals surface area (Å²) in [7, 11) is 0. The second-order valence-corrected chi connectivity index (χ2v) is 5.34. The summed E-state index contributed by atoms with van der Waals surface area (Å²) < 4.78 is 0.855. The van der Waals surface area contributed by atoms with Crippen molar-refractivity contribution in [2.24, 2.45) is 0 Å². The van der Waals surface area contributed by atoms with Gasteiger partial charge in [0.25, 0.3) is 0 Å². The van der Waals surface area contributed by atoms with E-state index in [1.165, 1.54) is 0 Å². The number of hydrogen-bond acceptors (Lipinski definition) is 3. The van der Waals surface area contributed by atoms with Gasteiger partial charge in [-0.25, -0.2) is 0 Å². The molecule has 0 saturated heterocycles. The second kappa shape index (κ2) is 8.16. The van der Waals surface area contributed by atoms with Crippen molar-refractivity contribution in [3.05, 3.63) is 27.7 Å². The summed E-state index contributed by atoms with van der Waals surface area (Å²) in [5, 5.41) is 14.9. The number of amides is 1. The maximum Gasteiger partial charge on any atom is 0.238 e. The Bertz CT molecular complexity index is 487. The monoisotopic (exact) mass is 343 g/mol. The van der Waals surface area contributed by atoms with E-state index in [4.69, 9.17) is 16.9 Å². The molecule has 0 saturated carbocycles. The number of carbonyl (C=O) groups excluding carboxylic acids is 1. The highest BCUT2D eigenvalue weighted by Gasteiger charge is 2.09. The van der Waals surface area contributed by atoms with Crippen LogP contribution in [0.15, 0.2) is 22.7 Å². The number of rotatable bonds is 6. The number of halogens is 2. The van der Waals surface area contributed by atoms with Crippen LogP contribution in [-0.4, -0.2) is 18.5 Å². The van der Waals surface area contributed by atoms with Gasteiger partial charge in [-0.05, 0) is 24.6 Å². The zero-order chi connectivity index (χ0) is 14.3. The van der Waals surface area contributed by atoms with Crippen molar-refractivity contribution in [2.45, 2.75) is 25.8 Å². The summed E-state index contributed by atoms with van der Waals surface area (Å²) in [5.74, 6) is -0.180. The lowest BCUT2D eigenvalue weighted by Gasteiger charge is -2.13. The van der Waals surface area contributed by atoms with Crippen LogP contribution < -0.4 is 10.6 Å². The highest BCUT2D eigenvalue weighted by molar-refractivity contribution is 9.10. The quantitative estimate of drug-likeness (QED) is 0.832. The first kappa shape index (κ1) is 16.0. The Hall–Kier alpha value is -1.09. The minimum absolute atomic E-state index is 0.0381. The van der Waals surface area contributed by atoms with Crippen LogP contribution >= 0.6 is 27.5 Å². The van der Waals surface area contributed by atoms with Crippen LogP contribution in [0.5, 0.6) is 0 Å². The Morgan fingerprint density at radius 3 is 2.89 bits per heavy atom.